The van der Waals surface area contributed by atoms with E-state index in [0.717, 1.165) is 31.1 Å². The van der Waals surface area contributed by atoms with E-state index in [0.29, 0.717) is 4.96 Å². The van der Waals surface area contributed by atoms with Crippen LogP contribution in [0.15, 0.2) is 11.0 Å². The highest BCUT2D eigenvalue weighted by Gasteiger charge is 2.18. The standard InChI is InChI=1S/C15H23N5O2S/c1-5-7-19(8-6-2)15-18-20-13(22)11(9-16-14(20)23-15)12(21)17-10(3)4/h9-10H,5-8H2,1-4H3,(H,17,21). The van der Waals surface area contributed by atoms with Crippen LogP contribution >= 0.6 is 11.3 Å². The highest BCUT2D eigenvalue weighted by molar-refractivity contribution is 7.20. The largest absolute Gasteiger partial charge is 0.350 e. The summed E-state index contributed by atoms with van der Waals surface area (Å²) in [5.41, 5.74) is -0.408. The van der Waals surface area contributed by atoms with E-state index in [4.69, 9.17) is 0 Å². The van der Waals surface area contributed by atoms with Gasteiger partial charge >= 0.3 is 0 Å². The number of carbonyl (C=O) groups is 1. The third kappa shape index (κ3) is 3.87. The number of aromatic nitrogens is 3. The normalized spacial score (nSPS) is 11.2. The van der Waals surface area contributed by atoms with Crippen molar-refractivity contribution < 1.29 is 4.79 Å². The molecule has 0 unspecified atom stereocenters. The molecule has 2 rings (SSSR count). The van der Waals surface area contributed by atoms with Crippen LogP contribution in [0, 0.1) is 0 Å². The maximum Gasteiger partial charge on any atom is 0.288 e. The second-order valence-electron chi connectivity index (χ2n) is 5.67. The third-order valence-electron chi connectivity index (χ3n) is 3.20. The van der Waals surface area contributed by atoms with Crippen molar-refractivity contribution in [2.75, 3.05) is 18.0 Å². The molecule has 8 heteroatoms. The average Bonchev–Trinajstić information content (AvgIpc) is 2.91. The first-order valence-electron chi connectivity index (χ1n) is 7.92. The number of anilines is 1. The minimum atomic E-state index is -0.427. The number of fused-ring (bicyclic) bond motifs is 1. The fourth-order valence-electron chi connectivity index (χ4n) is 2.24. The van der Waals surface area contributed by atoms with Crippen LogP contribution in [0.4, 0.5) is 5.13 Å². The van der Waals surface area contributed by atoms with Crippen molar-refractivity contribution in [2.24, 2.45) is 0 Å². The SMILES string of the molecule is CCCN(CCC)c1nn2c(=O)c(C(=O)NC(C)C)cnc2s1. The van der Waals surface area contributed by atoms with Crippen molar-refractivity contribution in [1.82, 2.24) is 19.9 Å². The van der Waals surface area contributed by atoms with E-state index in [9.17, 15) is 9.59 Å². The quantitative estimate of drug-likeness (QED) is 0.835. The van der Waals surface area contributed by atoms with E-state index >= 15 is 0 Å². The Hall–Kier alpha value is -1.96. The van der Waals surface area contributed by atoms with Crippen LogP contribution in [0.1, 0.15) is 50.9 Å². The topological polar surface area (TPSA) is 79.6 Å². The van der Waals surface area contributed by atoms with Gasteiger partial charge in [-0.1, -0.05) is 25.2 Å². The molecule has 0 aliphatic rings. The highest BCUT2D eigenvalue weighted by atomic mass is 32.1. The molecule has 0 atom stereocenters. The zero-order chi connectivity index (χ0) is 17.0. The molecule has 0 aromatic carbocycles. The summed E-state index contributed by atoms with van der Waals surface area (Å²) < 4.78 is 1.23. The molecule has 2 aromatic rings. The molecule has 23 heavy (non-hydrogen) atoms. The van der Waals surface area contributed by atoms with Gasteiger partial charge < -0.3 is 10.2 Å². The van der Waals surface area contributed by atoms with Crippen molar-refractivity contribution in [3.05, 3.63) is 22.1 Å². The van der Waals surface area contributed by atoms with Crippen molar-refractivity contribution in [3.63, 3.8) is 0 Å². The molecular formula is C15H23N5O2S. The fourth-order valence-corrected chi connectivity index (χ4v) is 3.16. The van der Waals surface area contributed by atoms with Crippen molar-refractivity contribution in [2.45, 2.75) is 46.6 Å². The van der Waals surface area contributed by atoms with Gasteiger partial charge in [0.2, 0.25) is 10.1 Å². The molecule has 0 aliphatic heterocycles. The summed E-state index contributed by atoms with van der Waals surface area (Å²) in [5.74, 6) is -0.416. The second-order valence-corrected chi connectivity index (χ2v) is 6.61. The minimum Gasteiger partial charge on any atom is -0.350 e. The first kappa shape index (κ1) is 17.4. The van der Waals surface area contributed by atoms with Gasteiger partial charge in [-0.05, 0) is 26.7 Å². The fraction of sp³-hybridized carbons (Fsp3) is 0.600. The molecule has 0 bridgehead atoms. The maximum atomic E-state index is 12.5. The lowest BCUT2D eigenvalue weighted by Gasteiger charge is -2.19. The van der Waals surface area contributed by atoms with Crippen LogP contribution in [-0.4, -0.2) is 39.6 Å². The monoisotopic (exact) mass is 337 g/mol. The number of hydrogen-bond acceptors (Lipinski definition) is 6. The Bertz CT molecular complexity index is 731. The van der Waals surface area contributed by atoms with Crippen LogP contribution < -0.4 is 15.8 Å². The van der Waals surface area contributed by atoms with Gasteiger partial charge in [0, 0.05) is 25.3 Å². The molecule has 126 valence electrons. The molecule has 0 saturated heterocycles. The third-order valence-corrected chi connectivity index (χ3v) is 4.18. The van der Waals surface area contributed by atoms with E-state index in [2.05, 4.69) is 34.1 Å². The minimum absolute atomic E-state index is 0.0191. The predicted octanol–water partition coefficient (Wildman–Crippen LogP) is 1.92. The number of amides is 1. The number of carbonyl (C=O) groups excluding carboxylic acids is 1. The maximum absolute atomic E-state index is 12.5. The predicted molar refractivity (Wildman–Crippen MR) is 92.5 cm³/mol. The summed E-state index contributed by atoms with van der Waals surface area (Å²) in [6.07, 6.45) is 3.34. The number of hydrogen-bond donors (Lipinski definition) is 1. The summed E-state index contributed by atoms with van der Waals surface area (Å²) in [6, 6.07) is -0.0433. The molecule has 0 aliphatic carbocycles. The molecule has 2 heterocycles. The van der Waals surface area contributed by atoms with Gasteiger partial charge in [-0.3, -0.25) is 9.59 Å². The van der Waals surface area contributed by atoms with Crippen LogP contribution in [0.25, 0.3) is 4.96 Å². The van der Waals surface area contributed by atoms with Crippen LogP contribution in [0.3, 0.4) is 0 Å². The Balaban J connectivity index is 2.42. The second kappa shape index (κ2) is 7.54. The molecule has 2 aromatic heterocycles. The van der Waals surface area contributed by atoms with Gasteiger partial charge in [-0.2, -0.15) is 4.52 Å². The molecule has 0 fully saturated rings. The van der Waals surface area contributed by atoms with Gasteiger partial charge in [-0.25, -0.2) is 4.98 Å². The average molecular weight is 337 g/mol. The zero-order valence-electron chi connectivity index (χ0n) is 14.0. The van der Waals surface area contributed by atoms with Crippen LogP contribution in [0.5, 0.6) is 0 Å². The Kier molecular flexibility index (Phi) is 5.70. The molecule has 0 radical (unpaired) electrons. The van der Waals surface area contributed by atoms with Crippen LogP contribution in [0.2, 0.25) is 0 Å². The summed E-state index contributed by atoms with van der Waals surface area (Å²) in [7, 11) is 0. The summed E-state index contributed by atoms with van der Waals surface area (Å²) >= 11 is 1.37. The summed E-state index contributed by atoms with van der Waals surface area (Å²) in [5, 5.41) is 7.85. The number of nitrogens with one attached hydrogen (secondary N) is 1. The van der Waals surface area contributed by atoms with Crippen molar-refractivity contribution in [3.8, 4) is 0 Å². The van der Waals surface area contributed by atoms with E-state index in [1.807, 2.05) is 13.8 Å². The number of nitrogens with zero attached hydrogens (tertiary/aromatic N) is 4. The number of rotatable bonds is 7. The first-order valence-corrected chi connectivity index (χ1v) is 8.74. The highest BCUT2D eigenvalue weighted by Crippen LogP contribution is 2.21. The lowest BCUT2D eigenvalue weighted by molar-refractivity contribution is 0.0941. The van der Waals surface area contributed by atoms with Gasteiger partial charge in [0.15, 0.2) is 0 Å². The van der Waals surface area contributed by atoms with E-state index in [1.165, 1.54) is 22.0 Å². The van der Waals surface area contributed by atoms with E-state index < -0.39 is 11.5 Å². The van der Waals surface area contributed by atoms with E-state index in [1.54, 1.807) is 0 Å². The van der Waals surface area contributed by atoms with E-state index in [-0.39, 0.29) is 11.6 Å². The van der Waals surface area contributed by atoms with Crippen molar-refractivity contribution >= 4 is 27.3 Å². The molecular weight excluding hydrogens is 314 g/mol. The molecule has 0 saturated carbocycles. The smallest absolute Gasteiger partial charge is 0.288 e. The first-order chi connectivity index (χ1) is 11.0. The Labute approximate surface area is 139 Å². The van der Waals surface area contributed by atoms with Crippen LogP contribution in [-0.2, 0) is 0 Å². The Morgan fingerprint density at radius 1 is 1.35 bits per heavy atom. The molecule has 0 spiro atoms. The lowest BCUT2D eigenvalue weighted by atomic mass is 10.3. The van der Waals surface area contributed by atoms with Gasteiger partial charge in [-0.15, -0.1) is 5.10 Å². The Morgan fingerprint density at radius 3 is 2.57 bits per heavy atom. The van der Waals surface area contributed by atoms with Gasteiger partial charge in [0.1, 0.15) is 5.56 Å². The summed E-state index contributed by atoms with van der Waals surface area (Å²) in [4.78, 5) is 31.4. The van der Waals surface area contributed by atoms with Crippen molar-refractivity contribution in [1.29, 1.82) is 0 Å². The zero-order valence-corrected chi connectivity index (χ0v) is 14.8. The molecule has 7 nitrogen and oxygen atoms in total. The summed E-state index contributed by atoms with van der Waals surface area (Å²) in [6.45, 7) is 9.65. The van der Waals surface area contributed by atoms with Gasteiger partial charge in [0.05, 0.1) is 0 Å². The lowest BCUT2D eigenvalue weighted by Crippen LogP contribution is -2.35. The Morgan fingerprint density at radius 2 is 2.00 bits per heavy atom. The van der Waals surface area contributed by atoms with Gasteiger partial charge in [0.25, 0.3) is 11.5 Å². The molecule has 1 amide bonds. The molecule has 1 N–H and O–H groups in total.